The van der Waals surface area contributed by atoms with Crippen LogP contribution in [0.15, 0.2) is 35.9 Å². The van der Waals surface area contributed by atoms with E-state index in [0.717, 1.165) is 44.2 Å². The molecule has 1 aliphatic heterocycles. The summed E-state index contributed by atoms with van der Waals surface area (Å²) in [5.41, 5.74) is 2.57. The smallest absolute Gasteiger partial charge is 0.222 e. The number of benzene rings is 1. The van der Waals surface area contributed by atoms with Crippen molar-refractivity contribution in [2.75, 3.05) is 33.4 Å². The lowest BCUT2D eigenvalue weighted by Crippen LogP contribution is -2.31. The van der Waals surface area contributed by atoms with Crippen LogP contribution in [0, 0.1) is 0 Å². The van der Waals surface area contributed by atoms with E-state index in [2.05, 4.69) is 62.2 Å². The zero-order valence-electron chi connectivity index (χ0n) is 17.6. The maximum atomic E-state index is 12.0. The van der Waals surface area contributed by atoms with Gasteiger partial charge in [-0.2, -0.15) is 0 Å². The Hall–Kier alpha value is -2.51. The summed E-state index contributed by atoms with van der Waals surface area (Å²) in [4.78, 5) is 14.5. The number of ether oxygens (including phenoxy) is 1. The van der Waals surface area contributed by atoms with Gasteiger partial charge in [0, 0.05) is 46.1 Å². The number of hydrogen-bond donors (Lipinski definition) is 1. The van der Waals surface area contributed by atoms with Crippen LogP contribution >= 0.6 is 0 Å². The van der Waals surface area contributed by atoms with E-state index in [4.69, 9.17) is 4.74 Å². The summed E-state index contributed by atoms with van der Waals surface area (Å²) in [7, 11) is 1.59. The van der Waals surface area contributed by atoms with E-state index in [1.165, 1.54) is 11.1 Å². The highest BCUT2D eigenvalue weighted by Gasteiger charge is 2.22. The van der Waals surface area contributed by atoms with E-state index in [-0.39, 0.29) is 11.9 Å². The highest BCUT2D eigenvalue weighted by Crippen LogP contribution is 2.17. The third-order valence-electron chi connectivity index (χ3n) is 5.13. The summed E-state index contributed by atoms with van der Waals surface area (Å²) >= 11 is 0. The molecular weight excluding hydrogens is 366 g/mol. The van der Waals surface area contributed by atoms with Gasteiger partial charge in [-0.05, 0) is 19.4 Å². The second-order valence-electron chi connectivity index (χ2n) is 7.59. The first-order valence-electron chi connectivity index (χ1n) is 10.2. The molecule has 1 N–H and O–H groups in total. The van der Waals surface area contributed by atoms with Crippen LogP contribution in [0.3, 0.4) is 0 Å². The topological polar surface area (TPSA) is 72.3 Å². The predicted molar refractivity (Wildman–Crippen MR) is 113 cm³/mol. The predicted octanol–water partition coefficient (Wildman–Crippen LogP) is 2.45. The molecule has 3 rings (SSSR count). The van der Waals surface area contributed by atoms with E-state index in [1.54, 1.807) is 7.11 Å². The number of amides is 1. The number of carbonyl (C=O) groups is 1. The van der Waals surface area contributed by atoms with E-state index in [1.807, 2.05) is 13.0 Å². The second kappa shape index (κ2) is 10.3. The summed E-state index contributed by atoms with van der Waals surface area (Å²) in [6.45, 7) is 8.20. The minimum absolute atomic E-state index is 0.0337. The number of carbonyl (C=O) groups excluding carboxylic acids is 1. The average molecular weight is 398 g/mol. The summed E-state index contributed by atoms with van der Waals surface area (Å²) in [5, 5.41) is 11.7. The largest absolute Gasteiger partial charge is 0.384 e. The van der Waals surface area contributed by atoms with Gasteiger partial charge in [-0.1, -0.05) is 42.0 Å². The fourth-order valence-corrected chi connectivity index (χ4v) is 3.67. The molecule has 1 aromatic carbocycles. The summed E-state index contributed by atoms with van der Waals surface area (Å²) in [6, 6.07) is 10.2. The lowest BCUT2D eigenvalue weighted by Gasteiger charge is -2.20. The Bertz CT molecular complexity index is 831. The minimum atomic E-state index is -0.174. The molecule has 1 atom stereocenters. The molecule has 0 saturated carbocycles. The van der Waals surface area contributed by atoms with Crippen LogP contribution in [0.2, 0.25) is 0 Å². The van der Waals surface area contributed by atoms with Gasteiger partial charge in [-0.25, -0.2) is 0 Å². The normalized spacial score (nSPS) is 16.2. The molecule has 1 amide bonds. The molecule has 1 unspecified atom stereocenters. The number of nitrogens with zero attached hydrogens (tertiary/aromatic N) is 4. The van der Waals surface area contributed by atoms with Gasteiger partial charge in [-0.3, -0.25) is 9.69 Å². The highest BCUT2D eigenvalue weighted by molar-refractivity contribution is 5.76. The Morgan fingerprint density at radius 2 is 2.03 bits per heavy atom. The number of nitrogens with one attached hydrogen (secondary N) is 1. The lowest BCUT2D eigenvalue weighted by atomic mass is 10.1. The van der Waals surface area contributed by atoms with Crippen LogP contribution in [0.1, 0.15) is 43.5 Å². The maximum absolute atomic E-state index is 12.0. The van der Waals surface area contributed by atoms with Crippen molar-refractivity contribution < 1.29 is 9.53 Å². The Labute approximate surface area is 172 Å². The zero-order chi connectivity index (χ0) is 20.6. The first-order valence-corrected chi connectivity index (χ1v) is 10.2. The van der Waals surface area contributed by atoms with Crippen LogP contribution in [0.4, 0.5) is 0 Å². The molecular formula is C22H31N5O2. The molecule has 1 aliphatic rings. The monoisotopic (exact) mass is 397 g/mol. The van der Waals surface area contributed by atoms with Crippen LogP contribution < -0.4 is 5.32 Å². The van der Waals surface area contributed by atoms with E-state index in [9.17, 15) is 4.79 Å². The fourth-order valence-electron chi connectivity index (χ4n) is 3.67. The number of rotatable bonds is 8. The van der Waals surface area contributed by atoms with Crippen molar-refractivity contribution in [3.05, 3.63) is 53.1 Å². The molecule has 0 radical (unpaired) electrons. The molecule has 0 fully saturated rings. The van der Waals surface area contributed by atoms with Gasteiger partial charge in [0.15, 0.2) is 5.82 Å². The standard InChI is InChI=1S/C22H31N5O2/c1-17(15-19-7-5-4-6-8-19)16-26-11-9-20-24-25-22(27(20)13-12-26)18(2)23-21(28)10-14-29-3/h4-8,15,18H,9-14,16H2,1-3H3,(H,23,28). The number of methoxy groups -OCH3 is 1. The molecule has 0 bridgehead atoms. The van der Waals surface area contributed by atoms with Gasteiger partial charge >= 0.3 is 0 Å². The first kappa shape index (κ1) is 21.2. The van der Waals surface area contributed by atoms with Crippen molar-refractivity contribution >= 4 is 12.0 Å². The summed E-state index contributed by atoms with van der Waals surface area (Å²) in [5.74, 6) is 1.78. The lowest BCUT2D eigenvalue weighted by molar-refractivity contribution is -0.122. The van der Waals surface area contributed by atoms with Crippen molar-refractivity contribution in [2.24, 2.45) is 0 Å². The molecule has 1 aromatic heterocycles. The average Bonchev–Trinajstić information content (AvgIpc) is 3.02. The van der Waals surface area contributed by atoms with Crippen molar-refractivity contribution in [1.29, 1.82) is 0 Å². The molecule has 2 heterocycles. The van der Waals surface area contributed by atoms with Crippen LogP contribution in [0.25, 0.3) is 6.08 Å². The Kier molecular flexibility index (Phi) is 7.55. The van der Waals surface area contributed by atoms with Crippen molar-refractivity contribution in [3.8, 4) is 0 Å². The SMILES string of the molecule is COCCC(=O)NC(C)c1nnc2n1CCN(CC(C)=Cc1ccccc1)CC2. The van der Waals surface area contributed by atoms with Crippen molar-refractivity contribution in [3.63, 3.8) is 0 Å². The number of fused-ring (bicyclic) bond motifs is 1. The zero-order valence-corrected chi connectivity index (χ0v) is 17.6. The first-order chi connectivity index (χ1) is 14.1. The third-order valence-corrected chi connectivity index (χ3v) is 5.13. The van der Waals surface area contributed by atoms with Crippen LogP contribution in [0.5, 0.6) is 0 Å². The van der Waals surface area contributed by atoms with Gasteiger partial charge in [0.25, 0.3) is 0 Å². The summed E-state index contributed by atoms with van der Waals surface area (Å²) < 4.78 is 7.13. The molecule has 7 heteroatoms. The van der Waals surface area contributed by atoms with Crippen LogP contribution in [-0.4, -0.2) is 58.9 Å². The Morgan fingerprint density at radius 1 is 1.24 bits per heavy atom. The Balaban J connectivity index is 1.59. The number of aromatic nitrogens is 3. The third kappa shape index (κ3) is 5.98. The van der Waals surface area contributed by atoms with Gasteiger partial charge in [0.2, 0.25) is 5.91 Å². The van der Waals surface area contributed by atoms with Gasteiger partial charge in [0.05, 0.1) is 12.6 Å². The van der Waals surface area contributed by atoms with Crippen LogP contribution in [-0.2, 0) is 22.5 Å². The molecule has 0 saturated heterocycles. The molecule has 2 aromatic rings. The minimum Gasteiger partial charge on any atom is -0.384 e. The van der Waals surface area contributed by atoms with Crippen molar-refractivity contribution in [1.82, 2.24) is 25.0 Å². The van der Waals surface area contributed by atoms with E-state index >= 15 is 0 Å². The van der Waals surface area contributed by atoms with Gasteiger partial charge in [-0.15, -0.1) is 10.2 Å². The molecule has 156 valence electrons. The second-order valence-corrected chi connectivity index (χ2v) is 7.59. The molecule has 7 nitrogen and oxygen atoms in total. The highest BCUT2D eigenvalue weighted by atomic mass is 16.5. The molecule has 29 heavy (non-hydrogen) atoms. The Morgan fingerprint density at radius 3 is 2.79 bits per heavy atom. The summed E-state index contributed by atoms with van der Waals surface area (Å²) in [6.07, 6.45) is 3.45. The van der Waals surface area contributed by atoms with Gasteiger partial charge in [0.1, 0.15) is 5.82 Å². The van der Waals surface area contributed by atoms with Crippen molar-refractivity contribution in [2.45, 2.75) is 39.3 Å². The maximum Gasteiger partial charge on any atom is 0.222 e. The molecule has 0 spiro atoms. The van der Waals surface area contributed by atoms with E-state index < -0.39 is 0 Å². The van der Waals surface area contributed by atoms with E-state index in [0.29, 0.717) is 13.0 Å². The number of hydrogen-bond acceptors (Lipinski definition) is 5. The fraction of sp³-hybridized carbons (Fsp3) is 0.500. The quantitative estimate of drug-likeness (QED) is 0.741. The molecule has 0 aliphatic carbocycles. The van der Waals surface area contributed by atoms with Gasteiger partial charge < -0.3 is 14.6 Å².